The van der Waals surface area contributed by atoms with Gasteiger partial charge in [-0.25, -0.2) is 0 Å². The van der Waals surface area contributed by atoms with E-state index in [-0.39, 0.29) is 5.04 Å². The van der Waals surface area contributed by atoms with Gasteiger partial charge in [-0.1, -0.05) is 20.8 Å². The van der Waals surface area contributed by atoms with Crippen molar-refractivity contribution in [3.8, 4) is 5.75 Å². The first-order chi connectivity index (χ1) is 8.17. The molecular weight excluding hydrogens is 241 g/mol. The molecule has 0 aliphatic rings. The maximum Gasteiger partial charge on any atom is 0.192 e. The summed E-state index contributed by atoms with van der Waals surface area (Å²) in [5.41, 5.74) is 1.88. The molecule has 0 aliphatic heterocycles. The van der Waals surface area contributed by atoms with Gasteiger partial charge in [0.1, 0.15) is 5.75 Å². The summed E-state index contributed by atoms with van der Waals surface area (Å²) < 4.78 is 11.3. The molecule has 0 saturated carbocycles. The molecular formula is C13H24BNO2Si. The smallest absolute Gasteiger partial charge is 0.192 e. The van der Waals surface area contributed by atoms with Crippen LogP contribution in [-0.4, -0.2) is 28.3 Å². The van der Waals surface area contributed by atoms with Crippen LogP contribution < -0.4 is 10.3 Å². The van der Waals surface area contributed by atoms with Gasteiger partial charge in [-0.15, -0.1) is 0 Å². The minimum absolute atomic E-state index is 0.231. The minimum atomic E-state index is -1.70. The zero-order valence-corrected chi connectivity index (χ0v) is 13.6. The van der Waals surface area contributed by atoms with E-state index in [1.807, 2.05) is 20.0 Å². The van der Waals surface area contributed by atoms with E-state index in [1.165, 1.54) is 0 Å². The van der Waals surface area contributed by atoms with Crippen LogP contribution >= 0.6 is 0 Å². The maximum absolute atomic E-state index is 6.14. The van der Waals surface area contributed by atoms with Crippen LogP contribution in [0.3, 0.4) is 0 Å². The number of aromatic nitrogens is 1. The molecule has 0 spiro atoms. The normalized spacial score (nSPS) is 12.6. The molecule has 0 aliphatic carbocycles. The van der Waals surface area contributed by atoms with Crippen LogP contribution in [0.2, 0.25) is 18.1 Å². The van der Waals surface area contributed by atoms with E-state index < -0.39 is 8.32 Å². The fourth-order valence-electron chi connectivity index (χ4n) is 1.37. The van der Waals surface area contributed by atoms with Crippen LogP contribution in [0.1, 0.15) is 26.5 Å². The van der Waals surface area contributed by atoms with Crippen LogP contribution in [0.5, 0.6) is 5.75 Å². The first kappa shape index (κ1) is 15.2. The van der Waals surface area contributed by atoms with Crippen molar-refractivity contribution in [3.63, 3.8) is 0 Å². The lowest BCUT2D eigenvalue weighted by Crippen LogP contribution is -2.40. The summed E-state index contributed by atoms with van der Waals surface area (Å²) >= 11 is 0. The predicted octanol–water partition coefficient (Wildman–Crippen LogP) is 1.87. The number of nitrogens with zero attached hydrogens (tertiary/aromatic N) is 1. The lowest BCUT2D eigenvalue weighted by atomic mass is 10.0. The second kappa shape index (κ2) is 5.45. The van der Waals surface area contributed by atoms with Crippen molar-refractivity contribution in [2.45, 2.75) is 45.5 Å². The Morgan fingerprint density at radius 1 is 1.28 bits per heavy atom. The molecule has 0 amide bonds. The molecule has 0 fully saturated rings. The van der Waals surface area contributed by atoms with Crippen LogP contribution in [0.4, 0.5) is 0 Å². The molecule has 0 N–H and O–H groups in total. The Labute approximate surface area is 112 Å². The summed E-state index contributed by atoms with van der Waals surface area (Å²) in [6.07, 6.45) is 0. The molecule has 100 valence electrons. The third-order valence-electron chi connectivity index (χ3n) is 3.70. The molecule has 3 nitrogen and oxygen atoms in total. The Hall–Kier alpha value is -0.808. The monoisotopic (exact) mass is 265 g/mol. The van der Waals surface area contributed by atoms with Gasteiger partial charge in [0.2, 0.25) is 0 Å². The largest absolute Gasteiger partial charge is 0.496 e. The first-order valence-corrected chi connectivity index (χ1v) is 9.22. The van der Waals surface area contributed by atoms with Gasteiger partial charge in [0.05, 0.1) is 19.4 Å². The van der Waals surface area contributed by atoms with Crippen LogP contribution in [-0.2, 0) is 11.0 Å². The number of methoxy groups -OCH3 is 1. The van der Waals surface area contributed by atoms with Crippen molar-refractivity contribution in [1.82, 2.24) is 4.98 Å². The second-order valence-corrected chi connectivity index (χ2v) is 10.9. The Morgan fingerprint density at radius 2 is 1.89 bits per heavy atom. The van der Waals surface area contributed by atoms with E-state index in [0.29, 0.717) is 6.61 Å². The zero-order chi connectivity index (χ0) is 14.0. The second-order valence-electron chi connectivity index (χ2n) is 6.14. The van der Waals surface area contributed by atoms with Gasteiger partial charge in [-0.3, -0.25) is 4.98 Å². The number of pyridine rings is 1. The number of hydrogen-bond acceptors (Lipinski definition) is 3. The van der Waals surface area contributed by atoms with Crippen molar-refractivity contribution < 1.29 is 9.16 Å². The average molecular weight is 265 g/mol. The highest BCUT2D eigenvalue weighted by Gasteiger charge is 2.37. The van der Waals surface area contributed by atoms with Crippen molar-refractivity contribution in [2.24, 2.45) is 0 Å². The number of rotatable bonds is 4. The summed E-state index contributed by atoms with van der Waals surface area (Å²) in [4.78, 5) is 4.50. The zero-order valence-electron chi connectivity index (χ0n) is 12.6. The van der Waals surface area contributed by atoms with Crippen LogP contribution in [0.25, 0.3) is 0 Å². The molecule has 0 unspecified atom stereocenters. The van der Waals surface area contributed by atoms with Crippen LogP contribution in [0.15, 0.2) is 12.1 Å². The average Bonchev–Trinajstić information content (AvgIpc) is 2.25. The van der Waals surface area contributed by atoms with E-state index >= 15 is 0 Å². The van der Waals surface area contributed by atoms with Gasteiger partial charge in [0.25, 0.3) is 0 Å². The Morgan fingerprint density at radius 3 is 2.33 bits per heavy atom. The van der Waals surface area contributed by atoms with Gasteiger partial charge >= 0.3 is 0 Å². The Balaban J connectivity index is 2.73. The summed E-state index contributed by atoms with van der Waals surface area (Å²) in [5, 5.41) is 0.231. The van der Waals surface area contributed by atoms with Gasteiger partial charge in [0.15, 0.2) is 16.2 Å². The highest BCUT2D eigenvalue weighted by Crippen LogP contribution is 2.36. The van der Waals surface area contributed by atoms with E-state index in [2.05, 4.69) is 38.8 Å². The molecule has 1 aromatic rings. The van der Waals surface area contributed by atoms with Crippen molar-refractivity contribution in [2.75, 3.05) is 7.11 Å². The summed E-state index contributed by atoms with van der Waals surface area (Å²) in [7, 11) is 1.92. The standard InChI is InChI=1S/C13H24BNO2Si/c1-13(2,3)18(5,6)17-9-10-7-8-11(16-4)12(14)15-10/h7-8H,9,14H2,1-6H3. The van der Waals surface area contributed by atoms with E-state index in [9.17, 15) is 0 Å². The Bertz CT molecular complexity index is 416. The lowest BCUT2D eigenvalue weighted by Gasteiger charge is -2.36. The molecule has 5 heteroatoms. The molecule has 0 radical (unpaired) electrons. The summed E-state index contributed by atoms with van der Waals surface area (Å²) in [6, 6.07) is 3.92. The molecule has 1 aromatic heterocycles. The molecule has 0 atom stereocenters. The maximum atomic E-state index is 6.14. The molecule has 1 rings (SSSR count). The summed E-state index contributed by atoms with van der Waals surface area (Å²) in [5.74, 6) is 0.825. The highest BCUT2D eigenvalue weighted by atomic mass is 28.4. The minimum Gasteiger partial charge on any atom is -0.496 e. The van der Waals surface area contributed by atoms with Crippen molar-refractivity contribution in [1.29, 1.82) is 0 Å². The topological polar surface area (TPSA) is 31.4 Å². The molecule has 0 bridgehead atoms. The quantitative estimate of drug-likeness (QED) is 0.779. The highest BCUT2D eigenvalue weighted by molar-refractivity contribution is 6.74. The van der Waals surface area contributed by atoms with Gasteiger partial charge in [-0.05, 0) is 30.3 Å². The Kier molecular flexibility index (Phi) is 4.62. The van der Waals surface area contributed by atoms with E-state index in [0.717, 1.165) is 17.0 Å². The fourth-order valence-corrected chi connectivity index (χ4v) is 2.31. The third kappa shape index (κ3) is 3.59. The number of ether oxygens (including phenoxy) is 1. The van der Waals surface area contributed by atoms with Crippen molar-refractivity contribution in [3.05, 3.63) is 17.8 Å². The van der Waals surface area contributed by atoms with E-state index in [4.69, 9.17) is 9.16 Å². The van der Waals surface area contributed by atoms with Gasteiger partial charge < -0.3 is 9.16 Å². The summed E-state index contributed by atoms with van der Waals surface area (Å²) in [6.45, 7) is 11.8. The molecule has 18 heavy (non-hydrogen) atoms. The van der Waals surface area contributed by atoms with Crippen LogP contribution in [0, 0.1) is 0 Å². The molecule has 1 heterocycles. The number of hydrogen-bond donors (Lipinski definition) is 0. The molecule has 0 aromatic carbocycles. The fraction of sp³-hybridized carbons (Fsp3) is 0.615. The predicted molar refractivity (Wildman–Crippen MR) is 81.0 cm³/mol. The lowest BCUT2D eigenvalue weighted by molar-refractivity contribution is 0.272. The SMILES string of the molecule is Bc1nc(CO[Si](C)(C)C(C)(C)C)ccc1OC. The van der Waals surface area contributed by atoms with E-state index in [1.54, 1.807) is 7.11 Å². The van der Waals surface area contributed by atoms with Gasteiger partial charge in [-0.2, -0.15) is 0 Å². The van der Waals surface area contributed by atoms with Gasteiger partial charge in [0, 0.05) is 5.59 Å². The third-order valence-corrected chi connectivity index (χ3v) is 8.18. The van der Waals surface area contributed by atoms with Crippen molar-refractivity contribution >= 4 is 21.8 Å². The first-order valence-electron chi connectivity index (χ1n) is 6.32. The molecule has 0 saturated heterocycles.